The number of anilines is 1. The Morgan fingerprint density at radius 1 is 1.32 bits per heavy atom. The summed E-state index contributed by atoms with van der Waals surface area (Å²) in [5, 5.41) is 0.672. The molecule has 0 aromatic carbocycles. The minimum Gasteiger partial charge on any atom is -0.474 e. The number of nitrogens with zero attached hydrogens (tertiary/aromatic N) is 3. The average molecular weight is 281 g/mol. The lowest BCUT2D eigenvalue weighted by Crippen LogP contribution is -2.40. The smallest absolute Gasteiger partial charge is 0.234 e. The van der Waals surface area contributed by atoms with Crippen molar-refractivity contribution >= 4 is 17.6 Å². The van der Waals surface area contributed by atoms with E-state index in [1.54, 1.807) is 6.20 Å². The highest BCUT2D eigenvalue weighted by molar-refractivity contribution is 8.00. The van der Waals surface area contributed by atoms with Crippen molar-refractivity contribution in [3.8, 4) is 5.88 Å². The Bertz CT molecular complexity index is 411. The van der Waals surface area contributed by atoms with Crippen LogP contribution in [0.3, 0.4) is 0 Å². The fourth-order valence-corrected chi connectivity index (χ4v) is 3.37. The zero-order chi connectivity index (χ0) is 13.8. The van der Waals surface area contributed by atoms with Gasteiger partial charge in [0.2, 0.25) is 5.88 Å². The second kappa shape index (κ2) is 6.46. The SMILES string of the molecule is CC(C)Oc1cncc(N2CCSC(C(C)C)C2)n1. The van der Waals surface area contributed by atoms with Crippen LogP contribution in [0.5, 0.6) is 5.88 Å². The van der Waals surface area contributed by atoms with Gasteiger partial charge in [0.1, 0.15) is 0 Å². The number of ether oxygens (including phenoxy) is 1. The monoisotopic (exact) mass is 281 g/mol. The standard InChI is InChI=1S/C14H23N3OS/c1-10(2)12-9-17(5-6-19-12)13-7-15-8-14(16-13)18-11(3)4/h7-8,10-12H,5-6,9H2,1-4H3. The maximum atomic E-state index is 5.61. The zero-order valence-corrected chi connectivity index (χ0v) is 13.0. The van der Waals surface area contributed by atoms with E-state index in [-0.39, 0.29) is 6.10 Å². The van der Waals surface area contributed by atoms with Crippen molar-refractivity contribution < 1.29 is 4.74 Å². The Morgan fingerprint density at radius 2 is 2.11 bits per heavy atom. The van der Waals surface area contributed by atoms with Gasteiger partial charge in [-0.05, 0) is 19.8 Å². The molecule has 0 bridgehead atoms. The van der Waals surface area contributed by atoms with E-state index in [1.165, 1.54) is 0 Å². The van der Waals surface area contributed by atoms with Crippen molar-refractivity contribution in [3.63, 3.8) is 0 Å². The van der Waals surface area contributed by atoms with E-state index in [9.17, 15) is 0 Å². The van der Waals surface area contributed by atoms with Gasteiger partial charge >= 0.3 is 0 Å². The van der Waals surface area contributed by atoms with Crippen molar-refractivity contribution in [2.75, 3.05) is 23.7 Å². The lowest BCUT2D eigenvalue weighted by atomic mass is 10.1. The number of hydrogen-bond donors (Lipinski definition) is 0. The van der Waals surface area contributed by atoms with Crippen LogP contribution in [0.25, 0.3) is 0 Å². The van der Waals surface area contributed by atoms with Crippen LogP contribution in [0.4, 0.5) is 5.82 Å². The Hall–Kier alpha value is -0.970. The van der Waals surface area contributed by atoms with Crippen LogP contribution in [0.15, 0.2) is 12.4 Å². The first-order chi connectivity index (χ1) is 9.06. The summed E-state index contributed by atoms with van der Waals surface area (Å²) >= 11 is 2.06. The summed E-state index contributed by atoms with van der Waals surface area (Å²) < 4.78 is 5.61. The molecule has 0 saturated carbocycles. The summed E-state index contributed by atoms with van der Waals surface area (Å²) in [4.78, 5) is 11.1. The van der Waals surface area contributed by atoms with Gasteiger partial charge in [-0.2, -0.15) is 16.7 Å². The summed E-state index contributed by atoms with van der Waals surface area (Å²) in [7, 11) is 0. The third kappa shape index (κ3) is 4.00. The molecule has 1 aromatic rings. The highest BCUT2D eigenvalue weighted by Crippen LogP contribution is 2.27. The molecule has 19 heavy (non-hydrogen) atoms. The molecule has 2 rings (SSSR count). The van der Waals surface area contributed by atoms with Gasteiger partial charge in [0, 0.05) is 24.1 Å². The van der Waals surface area contributed by atoms with Crippen LogP contribution >= 0.6 is 11.8 Å². The molecule has 1 aromatic heterocycles. The van der Waals surface area contributed by atoms with Gasteiger partial charge in [-0.1, -0.05) is 13.8 Å². The zero-order valence-electron chi connectivity index (χ0n) is 12.2. The predicted octanol–water partition coefficient (Wildman–Crippen LogP) is 2.84. The first kappa shape index (κ1) is 14.4. The summed E-state index contributed by atoms with van der Waals surface area (Å²) in [6, 6.07) is 0. The molecule has 4 nitrogen and oxygen atoms in total. The third-order valence-electron chi connectivity index (χ3n) is 3.12. The molecule has 1 fully saturated rings. The highest BCUT2D eigenvalue weighted by atomic mass is 32.2. The molecule has 0 amide bonds. The summed E-state index contributed by atoms with van der Waals surface area (Å²) in [5.41, 5.74) is 0. The number of thioether (sulfide) groups is 1. The van der Waals surface area contributed by atoms with E-state index in [0.717, 1.165) is 24.7 Å². The molecule has 0 N–H and O–H groups in total. The van der Waals surface area contributed by atoms with Crippen molar-refractivity contribution in [2.24, 2.45) is 5.92 Å². The summed E-state index contributed by atoms with van der Waals surface area (Å²) in [5.74, 6) is 3.39. The van der Waals surface area contributed by atoms with Gasteiger partial charge in [0.05, 0.1) is 18.5 Å². The molecule has 0 aliphatic carbocycles. The van der Waals surface area contributed by atoms with Crippen LogP contribution < -0.4 is 9.64 Å². The number of hydrogen-bond acceptors (Lipinski definition) is 5. The predicted molar refractivity (Wildman–Crippen MR) is 81.1 cm³/mol. The minimum atomic E-state index is 0.130. The van der Waals surface area contributed by atoms with E-state index in [1.807, 2.05) is 20.0 Å². The second-order valence-electron chi connectivity index (χ2n) is 5.48. The van der Waals surface area contributed by atoms with Crippen molar-refractivity contribution in [1.29, 1.82) is 0 Å². The van der Waals surface area contributed by atoms with Gasteiger partial charge in [0.15, 0.2) is 5.82 Å². The lowest BCUT2D eigenvalue weighted by Gasteiger charge is -2.35. The highest BCUT2D eigenvalue weighted by Gasteiger charge is 2.24. The van der Waals surface area contributed by atoms with Gasteiger partial charge in [0.25, 0.3) is 0 Å². The van der Waals surface area contributed by atoms with E-state index >= 15 is 0 Å². The van der Waals surface area contributed by atoms with E-state index in [0.29, 0.717) is 17.0 Å². The first-order valence-corrected chi connectivity index (χ1v) is 7.96. The van der Waals surface area contributed by atoms with Crippen LogP contribution in [0.2, 0.25) is 0 Å². The van der Waals surface area contributed by atoms with Crippen LogP contribution in [0, 0.1) is 5.92 Å². The topological polar surface area (TPSA) is 38.2 Å². The summed E-state index contributed by atoms with van der Waals surface area (Å²) in [6.45, 7) is 10.6. The van der Waals surface area contributed by atoms with Crippen LogP contribution in [-0.4, -0.2) is 40.2 Å². The average Bonchev–Trinajstić information content (AvgIpc) is 2.38. The van der Waals surface area contributed by atoms with Gasteiger partial charge in [-0.15, -0.1) is 0 Å². The molecule has 106 valence electrons. The van der Waals surface area contributed by atoms with Gasteiger partial charge < -0.3 is 9.64 Å². The number of aromatic nitrogens is 2. The fourth-order valence-electron chi connectivity index (χ4n) is 2.08. The maximum absolute atomic E-state index is 5.61. The normalized spacial score (nSPS) is 20.1. The summed E-state index contributed by atoms with van der Waals surface area (Å²) in [6.07, 6.45) is 3.65. The van der Waals surface area contributed by atoms with Crippen molar-refractivity contribution in [1.82, 2.24) is 9.97 Å². The molecule has 0 radical (unpaired) electrons. The molecule has 2 heterocycles. The van der Waals surface area contributed by atoms with Gasteiger partial charge in [-0.25, -0.2) is 0 Å². The van der Waals surface area contributed by atoms with Gasteiger partial charge in [-0.3, -0.25) is 4.98 Å². The van der Waals surface area contributed by atoms with Crippen LogP contribution in [0.1, 0.15) is 27.7 Å². The van der Waals surface area contributed by atoms with E-state index < -0.39 is 0 Å². The maximum Gasteiger partial charge on any atom is 0.234 e. The fraction of sp³-hybridized carbons (Fsp3) is 0.714. The Balaban J connectivity index is 2.08. The Morgan fingerprint density at radius 3 is 2.79 bits per heavy atom. The van der Waals surface area contributed by atoms with Crippen LogP contribution in [-0.2, 0) is 0 Å². The molecule has 1 atom stereocenters. The number of rotatable bonds is 4. The molecule has 1 unspecified atom stereocenters. The molecule has 1 saturated heterocycles. The second-order valence-corrected chi connectivity index (χ2v) is 6.83. The Labute approximate surface area is 120 Å². The molecule has 1 aliphatic rings. The van der Waals surface area contributed by atoms with E-state index in [2.05, 4.69) is 40.5 Å². The molecule has 5 heteroatoms. The lowest BCUT2D eigenvalue weighted by molar-refractivity contribution is 0.231. The Kier molecular flexibility index (Phi) is 4.91. The largest absolute Gasteiger partial charge is 0.474 e. The molecule has 1 aliphatic heterocycles. The van der Waals surface area contributed by atoms with Crippen molar-refractivity contribution in [2.45, 2.75) is 39.0 Å². The molecular weight excluding hydrogens is 258 g/mol. The minimum absolute atomic E-state index is 0.130. The quantitative estimate of drug-likeness (QED) is 0.848. The third-order valence-corrected chi connectivity index (χ3v) is 4.66. The van der Waals surface area contributed by atoms with E-state index in [4.69, 9.17) is 4.74 Å². The first-order valence-electron chi connectivity index (χ1n) is 6.91. The van der Waals surface area contributed by atoms with Crippen molar-refractivity contribution in [3.05, 3.63) is 12.4 Å². The molecule has 0 spiro atoms. The molecular formula is C14H23N3OS.